The van der Waals surface area contributed by atoms with E-state index < -0.39 is 5.41 Å². The van der Waals surface area contributed by atoms with Crippen LogP contribution in [0.4, 0.5) is 0 Å². The molecule has 6 heteroatoms. The van der Waals surface area contributed by atoms with Crippen LogP contribution in [0.15, 0.2) is 66.7 Å². The van der Waals surface area contributed by atoms with Gasteiger partial charge in [-0.25, -0.2) is 4.79 Å². The van der Waals surface area contributed by atoms with E-state index in [1.807, 2.05) is 41.3 Å². The van der Waals surface area contributed by atoms with Crippen LogP contribution in [0.2, 0.25) is 0 Å². The largest absolute Gasteiger partial charge is 0.465 e. The molecule has 2 atom stereocenters. The summed E-state index contributed by atoms with van der Waals surface area (Å²) in [7, 11) is 1.37. The quantitative estimate of drug-likeness (QED) is 0.351. The Balaban J connectivity index is 1.27. The van der Waals surface area contributed by atoms with Gasteiger partial charge in [-0.1, -0.05) is 54.6 Å². The minimum atomic E-state index is -0.863. The third-order valence-corrected chi connectivity index (χ3v) is 8.84. The van der Waals surface area contributed by atoms with Crippen LogP contribution in [0, 0.1) is 22.7 Å². The summed E-state index contributed by atoms with van der Waals surface area (Å²) in [5.41, 5.74) is 6.09. The molecule has 3 aromatic carbocycles. The SMILES string of the molecule is COC(=O)c1cccc(-c2ccc(CCC(=O)C3CC3c3ccccc3)c3c2CCN(C(=O)C2(C#N)CC2)C3)c1. The monoisotopic (exact) mass is 532 g/mol. The Bertz CT molecular complexity index is 1530. The Morgan fingerprint density at radius 3 is 2.55 bits per heavy atom. The van der Waals surface area contributed by atoms with Crippen LogP contribution in [-0.4, -0.2) is 36.2 Å². The molecule has 6 nitrogen and oxygen atoms in total. The molecule has 6 rings (SSSR count). The van der Waals surface area contributed by atoms with E-state index in [4.69, 9.17) is 4.74 Å². The molecule has 202 valence electrons. The summed E-state index contributed by atoms with van der Waals surface area (Å²) in [5.74, 6) is 0.234. The van der Waals surface area contributed by atoms with Gasteiger partial charge in [0.25, 0.3) is 0 Å². The van der Waals surface area contributed by atoms with Gasteiger partial charge in [-0.3, -0.25) is 9.59 Å². The zero-order valence-corrected chi connectivity index (χ0v) is 22.7. The van der Waals surface area contributed by atoms with E-state index in [1.54, 1.807) is 6.07 Å². The van der Waals surface area contributed by atoms with Crippen LogP contribution in [0.1, 0.15) is 64.2 Å². The van der Waals surface area contributed by atoms with Crippen molar-refractivity contribution in [3.05, 3.63) is 94.5 Å². The average molecular weight is 533 g/mol. The lowest BCUT2D eigenvalue weighted by molar-refractivity contribution is -0.136. The Kier molecular flexibility index (Phi) is 6.75. The van der Waals surface area contributed by atoms with Crippen molar-refractivity contribution >= 4 is 17.7 Å². The molecule has 40 heavy (non-hydrogen) atoms. The summed E-state index contributed by atoms with van der Waals surface area (Å²) in [6.07, 6.45) is 3.89. The van der Waals surface area contributed by atoms with Crippen molar-refractivity contribution in [1.82, 2.24) is 4.90 Å². The number of methoxy groups -OCH3 is 1. The highest BCUT2D eigenvalue weighted by Crippen LogP contribution is 2.49. The Morgan fingerprint density at radius 2 is 1.82 bits per heavy atom. The first-order valence-corrected chi connectivity index (χ1v) is 14.0. The van der Waals surface area contributed by atoms with Gasteiger partial charge in [0, 0.05) is 25.4 Å². The van der Waals surface area contributed by atoms with Crippen LogP contribution >= 0.6 is 0 Å². The van der Waals surface area contributed by atoms with E-state index in [0.717, 1.165) is 34.2 Å². The third-order valence-electron chi connectivity index (χ3n) is 8.84. The molecule has 3 aromatic rings. The molecule has 2 aliphatic carbocycles. The first kappa shape index (κ1) is 26.0. The van der Waals surface area contributed by atoms with Gasteiger partial charge in [0.05, 0.1) is 18.7 Å². The predicted molar refractivity (Wildman–Crippen MR) is 150 cm³/mol. The number of esters is 1. The van der Waals surface area contributed by atoms with Gasteiger partial charge in [-0.2, -0.15) is 5.26 Å². The van der Waals surface area contributed by atoms with E-state index in [2.05, 4.69) is 30.3 Å². The van der Waals surface area contributed by atoms with Crippen molar-refractivity contribution in [3.8, 4) is 17.2 Å². The summed E-state index contributed by atoms with van der Waals surface area (Å²) in [4.78, 5) is 40.4. The average Bonchev–Trinajstić information content (AvgIpc) is 3.94. The zero-order valence-electron chi connectivity index (χ0n) is 22.7. The second-order valence-corrected chi connectivity index (χ2v) is 11.3. The highest BCUT2D eigenvalue weighted by Gasteiger charge is 2.53. The van der Waals surface area contributed by atoms with Gasteiger partial charge in [-0.15, -0.1) is 0 Å². The summed E-state index contributed by atoms with van der Waals surface area (Å²) in [6, 6.07) is 24.0. The Hall–Kier alpha value is -4.24. The number of amides is 1. The first-order chi connectivity index (χ1) is 19.4. The fraction of sp³-hybridized carbons (Fsp3) is 0.353. The lowest BCUT2D eigenvalue weighted by Crippen LogP contribution is -2.40. The van der Waals surface area contributed by atoms with Gasteiger partial charge < -0.3 is 9.64 Å². The van der Waals surface area contributed by atoms with Gasteiger partial charge in [0.2, 0.25) is 5.91 Å². The number of benzene rings is 3. The van der Waals surface area contributed by atoms with Gasteiger partial charge in [-0.05, 0) is 83.5 Å². The van der Waals surface area contributed by atoms with Crippen molar-refractivity contribution in [1.29, 1.82) is 5.26 Å². The maximum atomic E-state index is 13.3. The number of Topliss-reactive ketones (excluding diaryl/α,β-unsaturated/α-hetero) is 1. The van der Waals surface area contributed by atoms with E-state index in [9.17, 15) is 19.6 Å². The van der Waals surface area contributed by atoms with E-state index in [1.165, 1.54) is 12.7 Å². The summed E-state index contributed by atoms with van der Waals surface area (Å²) in [5, 5.41) is 9.63. The zero-order chi connectivity index (χ0) is 27.9. The molecule has 1 amide bonds. The summed E-state index contributed by atoms with van der Waals surface area (Å²) in [6.45, 7) is 0.976. The Labute approximate surface area is 234 Å². The molecule has 0 spiro atoms. The minimum Gasteiger partial charge on any atom is -0.465 e. The van der Waals surface area contributed by atoms with Crippen molar-refractivity contribution in [3.63, 3.8) is 0 Å². The number of fused-ring (bicyclic) bond motifs is 1. The van der Waals surface area contributed by atoms with Crippen molar-refractivity contribution in [2.45, 2.75) is 51.0 Å². The topological polar surface area (TPSA) is 87.5 Å². The normalized spacial score (nSPS) is 20.1. The number of carbonyl (C=O) groups is 3. The van der Waals surface area contributed by atoms with Crippen LogP contribution in [0.25, 0.3) is 11.1 Å². The van der Waals surface area contributed by atoms with E-state index in [0.29, 0.717) is 62.5 Å². The molecule has 0 saturated heterocycles. The number of aryl methyl sites for hydroxylation is 1. The third kappa shape index (κ3) is 4.81. The summed E-state index contributed by atoms with van der Waals surface area (Å²) < 4.78 is 4.92. The highest BCUT2D eigenvalue weighted by atomic mass is 16.5. The molecule has 0 N–H and O–H groups in total. The standard InChI is InChI=1S/C34H32N2O4/c1-40-32(38)25-9-5-8-24(18-25)26-12-10-23(11-13-31(37)29-19-28(29)22-6-3-2-4-7-22)30-20-36(17-14-27(26)30)33(39)34(21-35)15-16-34/h2-10,12,18,28-29H,11,13-17,19-20H2,1H3. The van der Waals surface area contributed by atoms with Crippen LogP contribution in [0.3, 0.4) is 0 Å². The van der Waals surface area contributed by atoms with Crippen LogP contribution in [-0.2, 0) is 33.7 Å². The molecular formula is C34H32N2O4. The molecule has 2 unspecified atom stereocenters. The lowest BCUT2D eigenvalue weighted by Gasteiger charge is -2.33. The molecule has 0 bridgehead atoms. The maximum Gasteiger partial charge on any atom is 0.337 e. The smallest absolute Gasteiger partial charge is 0.337 e. The van der Waals surface area contributed by atoms with E-state index in [-0.39, 0.29) is 17.8 Å². The number of ketones is 1. The number of hydrogen-bond acceptors (Lipinski definition) is 5. The maximum absolute atomic E-state index is 13.3. The van der Waals surface area contributed by atoms with Crippen molar-refractivity contribution < 1.29 is 19.1 Å². The molecule has 2 saturated carbocycles. The molecule has 1 aliphatic heterocycles. The minimum absolute atomic E-state index is 0.0792. The molecule has 1 heterocycles. The molecule has 3 aliphatic rings. The fourth-order valence-electron chi connectivity index (χ4n) is 6.21. The second kappa shape index (κ2) is 10.4. The Morgan fingerprint density at radius 1 is 1.02 bits per heavy atom. The lowest BCUT2D eigenvalue weighted by atomic mass is 9.85. The molecule has 0 radical (unpaired) electrons. The van der Waals surface area contributed by atoms with Crippen molar-refractivity contribution in [2.24, 2.45) is 11.3 Å². The van der Waals surface area contributed by atoms with Gasteiger partial charge >= 0.3 is 5.97 Å². The van der Waals surface area contributed by atoms with Crippen LogP contribution < -0.4 is 0 Å². The number of nitriles is 1. The van der Waals surface area contributed by atoms with Crippen LogP contribution in [0.5, 0.6) is 0 Å². The summed E-state index contributed by atoms with van der Waals surface area (Å²) >= 11 is 0. The number of carbonyl (C=O) groups excluding carboxylic acids is 3. The molecular weight excluding hydrogens is 500 g/mol. The predicted octanol–water partition coefficient (Wildman–Crippen LogP) is 5.63. The number of hydrogen-bond donors (Lipinski definition) is 0. The van der Waals surface area contributed by atoms with Crippen molar-refractivity contribution in [2.75, 3.05) is 13.7 Å². The molecule has 0 aromatic heterocycles. The van der Waals surface area contributed by atoms with Gasteiger partial charge in [0.1, 0.15) is 11.2 Å². The van der Waals surface area contributed by atoms with E-state index >= 15 is 0 Å². The number of nitrogens with zero attached hydrogens (tertiary/aromatic N) is 2. The highest BCUT2D eigenvalue weighted by molar-refractivity contribution is 5.91. The number of ether oxygens (including phenoxy) is 1. The second-order valence-electron chi connectivity index (χ2n) is 11.3. The molecule has 2 fully saturated rings. The van der Waals surface area contributed by atoms with Gasteiger partial charge in [0.15, 0.2) is 0 Å². The fourth-order valence-corrected chi connectivity index (χ4v) is 6.21. The first-order valence-electron chi connectivity index (χ1n) is 14.0. The number of rotatable bonds is 8.